The lowest BCUT2D eigenvalue weighted by atomic mass is 10.1. The SMILES string of the molecule is CCCCC1=NN2C(=N)/C(=C/c3ccc(OCCSc4ccc(C)cc4)c(OC)c3)C(=O)N=C2S1. The molecule has 0 aromatic heterocycles. The largest absolute Gasteiger partial charge is 0.493 e. The van der Waals surface area contributed by atoms with Gasteiger partial charge in [0.1, 0.15) is 5.04 Å². The van der Waals surface area contributed by atoms with Crippen LogP contribution in [0.15, 0.2) is 63.0 Å². The minimum Gasteiger partial charge on any atom is -0.493 e. The zero-order valence-corrected chi connectivity index (χ0v) is 21.7. The fourth-order valence-corrected chi connectivity index (χ4v) is 5.12. The number of hydrazone groups is 1. The van der Waals surface area contributed by atoms with Crippen LogP contribution >= 0.6 is 23.5 Å². The first-order valence-electron chi connectivity index (χ1n) is 11.5. The molecule has 35 heavy (non-hydrogen) atoms. The molecule has 0 saturated carbocycles. The molecule has 2 aromatic carbocycles. The van der Waals surface area contributed by atoms with Gasteiger partial charge < -0.3 is 9.47 Å². The predicted octanol–water partition coefficient (Wildman–Crippen LogP) is 5.98. The van der Waals surface area contributed by atoms with Gasteiger partial charge in [0, 0.05) is 10.6 Å². The number of methoxy groups -OCH3 is 1. The number of nitrogens with one attached hydrogen (secondary N) is 1. The van der Waals surface area contributed by atoms with Gasteiger partial charge in [-0.15, -0.1) is 11.8 Å². The number of thioether (sulfide) groups is 2. The van der Waals surface area contributed by atoms with E-state index >= 15 is 0 Å². The fraction of sp³-hybridized carbons (Fsp3) is 0.308. The number of carbonyl (C=O) groups is 1. The van der Waals surface area contributed by atoms with Crippen molar-refractivity contribution in [3.63, 3.8) is 0 Å². The van der Waals surface area contributed by atoms with Crippen LogP contribution in [-0.2, 0) is 4.79 Å². The Kier molecular flexibility index (Phi) is 8.30. The summed E-state index contributed by atoms with van der Waals surface area (Å²) in [6, 6.07) is 13.9. The molecule has 0 bridgehead atoms. The summed E-state index contributed by atoms with van der Waals surface area (Å²) in [5.74, 6) is 1.60. The number of ether oxygens (including phenoxy) is 2. The molecule has 1 N–H and O–H groups in total. The maximum Gasteiger partial charge on any atom is 0.283 e. The Hall–Kier alpha value is -3.04. The van der Waals surface area contributed by atoms with Crippen molar-refractivity contribution in [3.8, 4) is 11.5 Å². The Morgan fingerprint density at radius 2 is 1.97 bits per heavy atom. The fourth-order valence-electron chi connectivity index (χ4n) is 3.47. The summed E-state index contributed by atoms with van der Waals surface area (Å²) in [7, 11) is 1.58. The van der Waals surface area contributed by atoms with E-state index in [1.807, 2.05) is 12.1 Å². The van der Waals surface area contributed by atoms with E-state index in [0.29, 0.717) is 23.3 Å². The number of nitrogens with zero attached hydrogens (tertiary/aromatic N) is 3. The molecule has 2 aromatic rings. The van der Waals surface area contributed by atoms with E-state index < -0.39 is 5.91 Å². The number of hydrogen-bond donors (Lipinski definition) is 1. The van der Waals surface area contributed by atoms with Crippen LogP contribution in [0.4, 0.5) is 0 Å². The molecule has 9 heteroatoms. The van der Waals surface area contributed by atoms with Crippen LogP contribution < -0.4 is 9.47 Å². The highest BCUT2D eigenvalue weighted by atomic mass is 32.2. The van der Waals surface area contributed by atoms with Crippen molar-refractivity contribution < 1.29 is 14.3 Å². The van der Waals surface area contributed by atoms with Gasteiger partial charge in [0.2, 0.25) is 5.17 Å². The highest BCUT2D eigenvalue weighted by molar-refractivity contribution is 8.26. The third-order valence-corrected chi connectivity index (χ3v) is 7.31. The van der Waals surface area contributed by atoms with Crippen LogP contribution in [-0.4, -0.2) is 46.4 Å². The molecule has 2 heterocycles. The summed E-state index contributed by atoms with van der Waals surface area (Å²) in [5, 5.41) is 15.8. The quantitative estimate of drug-likeness (QED) is 0.241. The normalized spacial score (nSPS) is 16.3. The predicted molar refractivity (Wildman–Crippen MR) is 145 cm³/mol. The molecule has 0 atom stereocenters. The first-order valence-corrected chi connectivity index (χ1v) is 13.3. The Balaban J connectivity index is 1.42. The van der Waals surface area contributed by atoms with E-state index in [1.54, 1.807) is 31.0 Å². The van der Waals surface area contributed by atoms with Gasteiger partial charge in [0.25, 0.3) is 5.91 Å². The summed E-state index contributed by atoms with van der Waals surface area (Å²) in [4.78, 5) is 18.0. The second-order valence-corrected chi connectivity index (χ2v) is 10.2. The minimum absolute atomic E-state index is 0.0337. The lowest BCUT2D eigenvalue weighted by Gasteiger charge is -2.20. The van der Waals surface area contributed by atoms with Crippen LogP contribution in [0.1, 0.15) is 37.3 Å². The van der Waals surface area contributed by atoms with Crippen LogP contribution in [0.25, 0.3) is 6.08 Å². The van der Waals surface area contributed by atoms with E-state index in [4.69, 9.17) is 14.9 Å². The lowest BCUT2D eigenvalue weighted by Crippen LogP contribution is -2.35. The number of amidine groups is 2. The second-order valence-electron chi connectivity index (χ2n) is 8.04. The summed E-state index contributed by atoms with van der Waals surface area (Å²) in [5.41, 5.74) is 2.16. The first kappa shape index (κ1) is 25.1. The van der Waals surface area contributed by atoms with Gasteiger partial charge in [0.05, 0.1) is 19.3 Å². The second kappa shape index (κ2) is 11.6. The van der Waals surface area contributed by atoms with Crippen molar-refractivity contribution in [1.82, 2.24) is 5.01 Å². The zero-order valence-electron chi connectivity index (χ0n) is 20.0. The molecule has 0 fully saturated rings. The molecule has 4 rings (SSSR count). The number of unbranched alkanes of at least 4 members (excludes halogenated alkanes) is 1. The van der Waals surface area contributed by atoms with Crippen LogP contribution in [0.5, 0.6) is 11.5 Å². The molecule has 0 aliphatic carbocycles. The van der Waals surface area contributed by atoms with E-state index in [0.717, 1.165) is 35.6 Å². The monoisotopic (exact) mass is 508 g/mol. The molecule has 182 valence electrons. The van der Waals surface area contributed by atoms with E-state index in [-0.39, 0.29) is 11.4 Å². The van der Waals surface area contributed by atoms with Gasteiger partial charge in [0.15, 0.2) is 17.3 Å². The van der Waals surface area contributed by atoms with Gasteiger partial charge in [-0.3, -0.25) is 10.2 Å². The van der Waals surface area contributed by atoms with E-state index in [2.05, 4.69) is 48.2 Å². The molecule has 2 aliphatic heterocycles. The smallest absolute Gasteiger partial charge is 0.283 e. The van der Waals surface area contributed by atoms with Gasteiger partial charge in [-0.2, -0.15) is 15.1 Å². The number of fused-ring (bicyclic) bond motifs is 1. The van der Waals surface area contributed by atoms with Crippen LogP contribution in [0.2, 0.25) is 0 Å². The van der Waals surface area contributed by atoms with Crippen molar-refractivity contribution in [2.75, 3.05) is 19.5 Å². The number of benzene rings is 2. The van der Waals surface area contributed by atoms with Crippen LogP contribution in [0.3, 0.4) is 0 Å². The molecular weight excluding hydrogens is 480 g/mol. The van der Waals surface area contributed by atoms with E-state index in [9.17, 15) is 4.79 Å². The number of aliphatic imine (C=N–C) groups is 1. The van der Waals surface area contributed by atoms with E-state index in [1.165, 1.54) is 27.2 Å². The molecule has 0 radical (unpaired) electrons. The topological polar surface area (TPSA) is 87.3 Å². The van der Waals surface area contributed by atoms with Crippen molar-refractivity contribution >= 4 is 51.6 Å². The summed E-state index contributed by atoms with van der Waals surface area (Å²) in [6.45, 7) is 4.72. The minimum atomic E-state index is -0.437. The number of amides is 1. The summed E-state index contributed by atoms with van der Waals surface area (Å²) >= 11 is 3.10. The molecule has 1 amide bonds. The Bertz CT molecular complexity index is 1210. The average Bonchev–Trinajstić information content (AvgIpc) is 3.27. The maximum absolute atomic E-state index is 12.7. The third kappa shape index (κ3) is 6.15. The molecular formula is C26H28N4O3S2. The highest BCUT2D eigenvalue weighted by Gasteiger charge is 2.35. The molecule has 0 spiro atoms. The standard InChI is InChI=1S/C26H28N4O3S2/c1-4-5-6-23-29-30-24(27)20(25(31)28-26(30)35-23)15-18-9-12-21(22(16-18)32-3)33-13-14-34-19-10-7-17(2)8-11-19/h7-12,15-16,27H,4-6,13-14H2,1-3H3/b20-15-,27-24?. The third-order valence-electron chi connectivity index (χ3n) is 5.37. The lowest BCUT2D eigenvalue weighted by molar-refractivity contribution is -0.114. The Labute approximate surface area is 214 Å². The molecule has 2 aliphatic rings. The maximum atomic E-state index is 12.7. The number of hydrogen-bond acceptors (Lipinski definition) is 7. The highest BCUT2D eigenvalue weighted by Crippen LogP contribution is 2.32. The number of aryl methyl sites for hydroxylation is 1. The Morgan fingerprint density at radius 1 is 1.17 bits per heavy atom. The number of rotatable bonds is 10. The van der Waals surface area contributed by atoms with Gasteiger partial charge in [-0.25, -0.2) is 0 Å². The Morgan fingerprint density at radius 3 is 2.71 bits per heavy atom. The van der Waals surface area contributed by atoms with Gasteiger partial charge in [-0.05, 0) is 67.4 Å². The average molecular weight is 509 g/mol. The van der Waals surface area contributed by atoms with Crippen molar-refractivity contribution in [1.29, 1.82) is 5.41 Å². The molecule has 7 nitrogen and oxygen atoms in total. The summed E-state index contributed by atoms with van der Waals surface area (Å²) < 4.78 is 11.5. The first-order chi connectivity index (χ1) is 17.0. The van der Waals surface area contributed by atoms with Gasteiger partial charge >= 0.3 is 0 Å². The summed E-state index contributed by atoms with van der Waals surface area (Å²) in [6.07, 6.45) is 4.53. The molecule has 0 unspecified atom stereocenters. The van der Waals surface area contributed by atoms with Crippen molar-refractivity contribution in [2.24, 2.45) is 10.1 Å². The van der Waals surface area contributed by atoms with Crippen molar-refractivity contribution in [2.45, 2.75) is 38.0 Å². The molecule has 0 saturated heterocycles. The van der Waals surface area contributed by atoms with Crippen LogP contribution in [0, 0.1) is 12.3 Å². The number of carbonyl (C=O) groups excluding carboxylic acids is 1. The zero-order chi connectivity index (χ0) is 24.8. The van der Waals surface area contributed by atoms with Crippen molar-refractivity contribution in [3.05, 3.63) is 59.2 Å². The van der Waals surface area contributed by atoms with Gasteiger partial charge in [-0.1, -0.05) is 37.1 Å².